The fourth-order valence-corrected chi connectivity index (χ4v) is 7.71. The number of methoxy groups -OCH3 is 1. The number of fused-ring (bicyclic) bond motifs is 2. The van der Waals surface area contributed by atoms with Crippen LogP contribution >= 0.6 is 11.3 Å². The summed E-state index contributed by atoms with van der Waals surface area (Å²) in [5.74, 6) is -0.679. The van der Waals surface area contributed by atoms with Crippen molar-refractivity contribution >= 4 is 22.4 Å². The average molecular weight is 694 g/mol. The van der Waals surface area contributed by atoms with Crippen molar-refractivity contribution in [2.75, 3.05) is 12.0 Å². The molecule has 2 aromatic carbocycles. The molecule has 3 fully saturated rings. The van der Waals surface area contributed by atoms with E-state index in [1.807, 2.05) is 0 Å². The average Bonchev–Trinajstić information content (AvgIpc) is 3.50. The molecule has 2 aliphatic heterocycles. The van der Waals surface area contributed by atoms with Crippen LogP contribution in [0.4, 0.5) is 31.5 Å². The molecule has 254 valence electrons. The molecule has 1 unspecified atom stereocenters. The second kappa shape index (κ2) is 12.4. The lowest BCUT2D eigenvalue weighted by atomic mass is 9.99. The van der Waals surface area contributed by atoms with Crippen LogP contribution in [0.15, 0.2) is 52.4 Å². The summed E-state index contributed by atoms with van der Waals surface area (Å²) in [6, 6.07) is 9.45. The van der Waals surface area contributed by atoms with Crippen LogP contribution in [-0.2, 0) is 22.3 Å². The molecule has 3 aliphatic rings. The summed E-state index contributed by atoms with van der Waals surface area (Å²) in [5.41, 5.74) is 0.00813. The number of alkyl halides is 6. The lowest BCUT2D eigenvalue weighted by molar-refractivity contribution is -0.274. The van der Waals surface area contributed by atoms with Gasteiger partial charge in [-0.25, -0.2) is 9.78 Å². The van der Waals surface area contributed by atoms with E-state index in [1.165, 1.54) is 35.6 Å². The fourth-order valence-electron chi connectivity index (χ4n) is 6.73. The van der Waals surface area contributed by atoms with Gasteiger partial charge in [0.05, 0.1) is 36.6 Å². The maximum Gasteiger partial charge on any atom is 0.573 e. The summed E-state index contributed by atoms with van der Waals surface area (Å²) < 4.78 is 102. The lowest BCUT2D eigenvalue weighted by Crippen LogP contribution is -2.45. The first kappa shape index (κ1) is 32.4. The first-order chi connectivity index (χ1) is 22.9. The molecule has 48 heavy (non-hydrogen) atoms. The van der Waals surface area contributed by atoms with Crippen molar-refractivity contribution in [1.82, 2.24) is 10.1 Å². The van der Waals surface area contributed by atoms with E-state index in [0.717, 1.165) is 44.9 Å². The van der Waals surface area contributed by atoms with E-state index in [2.05, 4.69) is 19.5 Å². The Morgan fingerprint density at radius 2 is 1.75 bits per heavy atom. The number of thiazole rings is 1. The predicted octanol–water partition coefficient (Wildman–Crippen LogP) is 8.76. The van der Waals surface area contributed by atoms with Crippen molar-refractivity contribution in [2.45, 2.75) is 81.8 Å². The monoisotopic (exact) mass is 693 g/mol. The maximum absolute atomic E-state index is 13.8. The summed E-state index contributed by atoms with van der Waals surface area (Å²) >= 11 is 1.34. The molecule has 0 radical (unpaired) electrons. The van der Waals surface area contributed by atoms with Gasteiger partial charge in [0.15, 0.2) is 5.13 Å². The number of ether oxygens (including phenoxy) is 3. The SMILES string of the molecule is COC(=O)c1ccc(-c2csc(N3C4CC[C@@H]3C[C@H](OCc3c(-c5ccccc5OC(F)(F)F)noc3C3CC3)C4)n2)cc1C(F)(F)F. The molecule has 7 rings (SSSR count). The summed E-state index contributed by atoms with van der Waals surface area (Å²) in [4.78, 5) is 18.9. The van der Waals surface area contributed by atoms with Crippen molar-refractivity contribution < 1.29 is 49.9 Å². The highest BCUT2D eigenvalue weighted by molar-refractivity contribution is 7.14. The molecule has 4 aromatic rings. The second-order valence-electron chi connectivity index (χ2n) is 12.2. The topological polar surface area (TPSA) is 86.9 Å². The van der Waals surface area contributed by atoms with E-state index in [9.17, 15) is 31.1 Å². The highest BCUT2D eigenvalue weighted by Crippen LogP contribution is 2.47. The number of hydrogen-bond acceptors (Lipinski definition) is 9. The number of carbonyl (C=O) groups is 1. The number of esters is 1. The van der Waals surface area contributed by atoms with Gasteiger partial charge >= 0.3 is 18.5 Å². The third-order valence-electron chi connectivity index (χ3n) is 9.03. The minimum Gasteiger partial charge on any atom is -0.465 e. The number of anilines is 1. The van der Waals surface area contributed by atoms with Gasteiger partial charge in [-0.15, -0.1) is 24.5 Å². The molecule has 15 heteroatoms. The maximum atomic E-state index is 13.8. The molecule has 0 spiro atoms. The minimum atomic E-state index is -4.87. The highest BCUT2D eigenvalue weighted by atomic mass is 32.1. The third-order valence-corrected chi connectivity index (χ3v) is 9.88. The van der Waals surface area contributed by atoms with Crippen LogP contribution in [-0.4, -0.2) is 47.8 Å². The van der Waals surface area contributed by atoms with Gasteiger partial charge in [-0.3, -0.25) is 0 Å². The molecular formula is C33H29F6N3O5S. The van der Waals surface area contributed by atoms with E-state index < -0.39 is 29.6 Å². The highest BCUT2D eigenvalue weighted by Gasteiger charge is 2.43. The molecule has 8 nitrogen and oxygen atoms in total. The number of hydrogen-bond donors (Lipinski definition) is 0. The zero-order valence-corrected chi connectivity index (χ0v) is 26.3. The van der Waals surface area contributed by atoms with Crippen LogP contribution < -0.4 is 9.64 Å². The first-order valence-corrected chi connectivity index (χ1v) is 16.3. The second-order valence-corrected chi connectivity index (χ2v) is 13.0. The van der Waals surface area contributed by atoms with E-state index >= 15 is 0 Å². The molecule has 4 heterocycles. The normalized spacial score (nSPS) is 21.1. The van der Waals surface area contributed by atoms with Crippen molar-refractivity contribution in [2.24, 2.45) is 0 Å². The number of halogens is 6. The molecule has 1 saturated carbocycles. The van der Waals surface area contributed by atoms with Crippen LogP contribution in [0.1, 0.15) is 71.7 Å². The molecule has 3 atom stereocenters. The molecule has 0 N–H and O–H groups in total. The van der Waals surface area contributed by atoms with E-state index in [0.29, 0.717) is 35.0 Å². The van der Waals surface area contributed by atoms with Gasteiger partial charge < -0.3 is 23.6 Å². The van der Waals surface area contributed by atoms with Gasteiger partial charge in [0.1, 0.15) is 17.2 Å². The number of aromatic nitrogens is 2. The third kappa shape index (κ3) is 6.49. The predicted molar refractivity (Wildman–Crippen MR) is 162 cm³/mol. The zero-order chi connectivity index (χ0) is 33.8. The van der Waals surface area contributed by atoms with E-state index in [-0.39, 0.29) is 53.3 Å². The first-order valence-electron chi connectivity index (χ1n) is 15.4. The molecule has 1 aliphatic carbocycles. The van der Waals surface area contributed by atoms with Gasteiger partial charge in [0.25, 0.3) is 0 Å². The minimum absolute atomic E-state index is 0.0888. The van der Waals surface area contributed by atoms with Crippen LogP contribution in [0.3, 0.4) is 0 Å². The lowest BCUT2D eigenvalue weighted by Gasteiger charge is -2.38. The van der Waals surface area contributed by atoms with E-state index in [4.69, 9.17) is 14.2 Å². The molecule has 0 amide bonds. The van der Waals surface area contributed by atoms with Crippen molar-refractivity contribution in [3.63, 3.8) is 0 Å². The van der Waals surface area contributed by atoms with Crippen molar-refractivity contribution in [3.8, 4) is 28.3 Å². The quantitative estimate of drug-likeness (QED) is 0.127. The van der Waals surface area contributed by atoms with Gasteiger partial charge in [-0.1, -0.05) is 23.4 Å². The van der Waals surface area contributed by atoms with Crippen LogP contribution in [0, 0.1) is 0 Å². The Hall–Kier alpha value is -4.11. The Morgan fingerprint density at radius 1 is 1.02 bits per heavy atom. The van der Waals surface area contributed by atoms with Crippen molar-refractivity contribution in [1.29, 1.82) is 0 Å². The molecular weight excluding hydrogens is 664 g/mol. The number of benzene rings is 2. The zero-order valence-electron chi connectivity index (χ0n) is 25.4. The summed E-state index contributed by atoms with van der Waals surface area (Å²) in [6.07, 6.45) is -4.86. The molecule has 2 bridgehead atoms. The van der Waals surface area contributed by atoms with Crippen LogP contribution in [0.2, 0.25) is 0 Å². The number of carbonyl (C=O) groups excluding carboxylic acids is 1. The van der Waals surface area contributed by atoms with Gasteiger partial charge in [0, 0.05) is 40.1 Å². The fraction of sp³-hybridized carbons (Fsp3) is 0.424. The Bertz CT molecular complexity index is 1800. The Balaban J connectivity index is 1.07. The Morgan fingerprint density at radius 3 is 2.42 bits per heavy atom. The molecule has 2 saturated heterocycles. The van der Waals surface area contributed by atoms with Crippen molar-refractivity contribution in [3.05, 3.63) is 70.3 Å². The standard InChI is InChI=1S/C33H29F6N3O5S/c1-44-30(43)22-11-8-18(12-25(22)32(34,35)36)26-16-48-31(40-26)42-19-9-10-20(42)14-21(13-19)45-15-24-28(41-47-29(24)17-6-7-17)23-4-2-3-5-27(23)46-33(37,38)39/h2-5,8,11-12,16-17,19-21H,6-7,9-10,13-15H2,1H3/t19-,20?,21+/m1/s1. The molecule has 2 aromatic heterocycles. The van der Waals surface area contributed by atoms with Gasteiger partial charge in [-0.2, -0.15) is 13.2 Å². The largest absolute Gasteiger partial charge is 0.573 e. The van der Waals surface area contributed by atoms with Gasteiger partial charge in [-0.05, 0) is 62.8 Å². The summed E-state index contributed by atoms with van der Waals surface area (Å²) in [5, 5.41) is 6.56. The smallest absolute Gasteiger partial charge is 0.465 e. The Labute approximate surface area is 274 Å². The summed E-state index contributed by atoms with van der Waals surface area (Å²) in [6.45, 7) is 0.111. The van der Waals surface area contributed by atoms with E-state index in [1.54, 1.807) is 11.4 Å². The van der Waals surface area contributed by atoms with Crippen LogP contribution in [0.5, 0.6) is 5.75 Å². The number of piperidine rings is 1. The van der Waals surface area contributed by atoms with Gasteiger partial charge in [0.2, 0.25) is 0 Å². The summed E-state index contributed by atoms with van der Waals surface area (Å²) in [7, 11) is 1.03. The Kier molecular flexibility index (Phi) is 8.38. The number of nitrogens with zero attached hydrogens (tertiary/aromatic N) is 3. The van der Waals surface area contributed by atoms with Crippen LogP contribution in [0.25, 0.3) is 22.5 Å². The number of para-hydroxylation sites is 1. The number of rotatable bonds is 9.